The summed E-state index contributed by atoms with van der Waals surface area (Å²) in [5.74, 6) is 9.16. The molecule has 0 radical (unpaired) electrons. The topological polar surface area (TPSA) is 0 Å². The third-order valence-electron chi connectivity index (χ3n) is 8.27. The van der Waals surface area contributed by atoms with Gasteiger partial charge in [0.05, 0.1) is 0 Å². The van der Waals surface area contributed by atoms with Crippen molar-refractivity contribution in [3.63, 3.8) is 0 Å². The molecule has 6 aliphatic carbocycles. The zero-order chi connectivity index (χ0) is 17.1. The van der Waals surface area contributed by atoms with Crippen molar-refractivity contribution in [2.24, 2.45) is 47.3 Å². The lowest BCUT2D eigenvalue weighted by atomic mass is 9.82. The Morgan fingerprint density at radius 2 is 1.08 bits per heavy atom. The summed E-state index contributed by atoms with van der Waals surface area (Å²) in [7, 11) is 0. The second-order valence-corrected chi connectivity index (χ2v) is 8.83. The number of fused-ring (bicyclic) bond motifs is 10. The smallest absolute Gasteiger partial charge is 0.0171 e. The quantitative estimate of drug-likeness (QED) is 0.403. The van der Waals surface area contributed by atoms with Crippen molar-refractivity contribution >= 4 is 0 Å². The molecule has 0 aromatic rings. The van der Waals surface area contributed by atoms with Gasteiger partial charge in [-0.05, 0) is 105 Å². The van der Waals surface area contributed by atoms with Gasteiger partial charge in [-0.1, -0.05) is 46.3 Å². The van der Waals surface area contributed by atoms with Crippen molar-refractivity contribution in [1.29, 1.82) is 0 Å². The van der Waals surface area contributed by atoms with Gasteiger partial charge in [-0.2, -0.15) is 0 Å². The highest BCUT2D eigenvalue weighted by molar-refractivity contribution is 5.11. The van der Waals surface area contributed by atoms with Gasteiger partial charge in [-0.15, -0.1) is 0 Å². The summed E-state index contributed by atoms with van der Waals surface area (Å²) in [6, 6.07) is 0. The molecule has 138 valence electrons. The molecule has 8 unspecified atom stereocenters. The Kier molecular flexibility index (Phi) is 6.50. The highest BCUT2D eigenvalue weighted by Gasteiger charge is 2.49. The molecule has 0 aliphatic heterocycles. The summed E-state index contributed by atoms with van der Waals surface area (Å²) in [6.45, 7) is 8.00. The van der Waals surface area contributed by atoms with Gasteiger partial charge in [-0.3, -0.25) is 0 Å². The standard InChI is InChI=1S/C10H16.C10H14.2C2H6/c2*1-2-9-7-4-5-8(6-7)10(9)3-1;2*1-2/h7-10H,1-6H2;1-2,7-10H,3-6H2;2*1-2H3. The molecule has 0 aromatic carbocycles. The molecule has 0 N–H and O–H groups in total. The van der Waals surface area contributed by atoms with Crippen molar-refractivity contribution in [2.45, 2.75) is 91.9 Å². The summed E-state index contributed by atoms with van der Waals surface area (Å²) in [4.78, 5) is 0. The van der Waals surface area contributed by atoms with E-state index in [0.29, 0.717) is 0 Å². The fourth-order valence-corrected chi connectivity index (χ4v) is 7.52. The Balaban J connectivity index is 0.000000117. The van der Waals surface area contributed by atoms with Gasteiger partial charge in [-0.25, -0.2) is 0 Å². The number of rotatable bonds is 0. The van der Waals surface area contributed by atoms with E-state index in [0.717, 1.165) is 23.7 Å². The zero-order valence-electron chi connectivity index (χ0n) is 16.8. The van der Waals surface area contributed by atoms with Crippen molar-refractivity contribution in [3.8, 4) is 0 Å². The van der Waals surface area contributed by atoms with E-state index in [9.17, 15) is 0 Å². The molecule has 8 atom stereocenters. The van der Waals surface area contributed by atoms with Gasteiger partial charge in [0.1, 0.15) is 0 Å². The Morgan fingerprint density at radius 1 is 0.583 bits per heavy atom. The fourth-order valence-electron chi connectivity index (χ4n) is 7.52. The third-order valence-corrected chi connectivity index (χ3v) is 8.27. The maximum atomic E-state index is 2.49. The van der Waals surface area contributed by atoms with Crippen LogP contribution in [-0.2, 0) is 0 Å². The molecule has 0 nitrogen and oxygen atoms in total. The van der Waals surface area contributed by atoms with Crippen LogP contribution >= 0.6 is 0 Å². The van der Waals surface area contributed by atoms with Crippen LogP contribution in [0.4, 0.5) is 0 Å². The molecule has 6 rings (SSSR count). The molecule has 4 bridgehead atoms. The van der Waals surface area contributed by atoms with Gasteiger partial charge < -0.3 is 0 Å². The molecular weight excluding hydrogens is 288 g/mol. The number of hydrogen-bond donors (Lipinski definition) is 0. The van der Waals surface area contributed by atoms with Crippen LogP contribution in [0.2, 0.25) is 0 Å². The largest absolute Gasteiger partial charge is 0.0879 e. The minimum Gasteiger partial charge on any atom is -0.0879 e. The maximum Gasteiger partial charge on any atom is -0.0171 e. The lowest BCUT2D eigenvalue weighted by Gasteiger charge is -2.23. The minimum absolute atomic E-state index is 1.03. The first-order valence-corrected chi connectivity index (χ1v) is 11.6. The molecule has 5 saturated carbocycles. The SMILES string of the molecule is C1=CC2C3CCC(C3)C2C1.C1CC2C3CCC(C3)C2C1.CC.CC. The Morgan fingerprint density at radius 3 is 1.67 bits per heavy atom. The summed E-state index contributed by atoms with van der Waals surface area (Å²) < 4.78 is 0. The highest BCUT2D eigenvalue weighted by atomic mass is 14.5. The van der Waals surface area contributed by atoms with Crippen molar-refractivity contribution in [3.05, 3.63) is 12.2 Å². The molecule has 24 heavy (non-hydrogen) atoms. The normalized spacial score (nSPS) is 47.8. The second kappa shape index (κ2) is 8.41. The molecule has 0 saturated heterocycles. The van der Waals surface area contributed by atoms with Gasteiger partial charge >= 0.3 is 0 Å². The molecule has 0 heterocycles. The van der Waals surface area contributed by atoms with Gasteiger partial charge in [0.15, 0.2) is 0 Å². The predicted octanol–water partition coefficient (Wildman–Crippen LogP) is 7.49. The van der Waals surface area contributed by atoms with Crippen LogP contribution < -0.4 is 0 Å². The molecule has 0 spiro atoms. The van der Waals surface area contributed by atoms with Crippen LogP contribution in [0.3, 0.4) is 0 Å². The van der Waals surface area contributed by atoms with Crippen LogP contribution in [0, 0.1) is 47.3 Å². The molecule has 0 amide bonds. The first-order valence-electron chi connectivity index (χ1n) is 11.6. The van der Waals surface area contributed by atoms with Gasteiger partial charge in [0.25, 0.3) is 0 Å². The van der Waals surface area contributed by atoms with Crippen LogP contribution in [0.15, 0.2) is 12.2 Å². The number of hydrogen-bond acceptors (Lipinski definition) is 0. The van der Waals surface area contributed by atoms with Crippen LogP contribution in [0.1, 0.15) is 91.9 Å². The van der Waals surface area contributed by atoms with E-state index in [1.54, 1.807) is 51.4 Å². The van der Waals surface area contributed by atoms with E-state index in [1.807, 2.05) is 27.7 Å². The lowest BCUT2D eigenvalue weighted by Crippen LogP contribution is -2.16. The van der Waals surface area contributed by atoms with Crippen molar-refractivity contribution in [2.75, 3.05) is 0 Å². The van der Waals surface area contributed by atoms with E-state index >= 15 is 0 Å². The first kappa shape index (κ1) is 18.5. The second-order valence-electron chi connectivity index (χ2n) is 8.83. The van der Waals surface area contributed by atoms with Crippen LogP contribution in [0.25, 0.3) is 0 Å². The van der Waals surface area contributed by atoms with Crippen molar-refractivity contribution < 1.29 is 0 Å². The van der Waals surface area contributed by atoms with E-state index in [4.69, 9.17) is 0 Å². The summed E-state index contributed by atoms with van der Waals surface area (Å²) in [5.41, 5.74) is 0. The van der Waals surface area contributed by atoms with Crippen LogP contribution in [0.5, 0.6) is 0 Å². The Labute approximate surface area is 151 Å². The van der Waals surface area contributed by atoms with E-state index < -0.39 is 0 Å². The van der Waals surface area contributed by atoms with Gasteiger partial charge in [0.2, 0.25) is 0 Å². The lowest BCUT2D eigenvalue weighted by molar-refractivity contribution is 0.259. The summed E-state index contributed by atoms with van der Waals surface area (Å²) >= 11 is 0. The highest BCUT2D eigenvalue weighted by Crippen LogP contribution is 2.58. The average Bonchev–Trinajstić information content (AvgIpc) is 3.48. The molecule has 6 aliphatic rings. The summed E-state index contributed by atoms with van der Waals surface area (Å²) in [5, 5.41) is 0. The molecule has 0 heteroatoms. The van der Waals surface area contributed by atoms with Crippen molar-refractivity contribution in [1.82, 2.24) is 0 Å². The molecular formula is C24H42. The van der Waals surface area contributed by atoms with E-state index in [1.165, 1.54) is 36.5 Å². The maximum absolute atomic E-state index is 2.49. The monoisotopic (exact) mass is 330 g/mol. The average molecular weight is 331 g/mol. The minimum atomic E-state index is 1.03. The fraction of sp³-hybridized carbons (Fsp3) is 0.917. The Hall–Kier alpha value is -0.260. The van der Waals surface area contributed by atoms with Gasteiger partial charge in [0, 0.05) is 0 Å². The van der Waals surface area contributed by atoms with E-state index in [-0.39, 0.29) is 0 Å². The Bertz CT molecular complexity index is 390. The molecule has 5 fully saturated rings. The predicted molar refractivity (Wildman–Crippen MR) is 106 cm³/mol. The van der Waals surface area contributed by atoms with E-state index in [2.05, 4.69) is 12.2 Å². The molecule has 0 aromatic heterocycles. The zero-order valence-corrected chi connectivity index (χ0v) is 16.8. The third kappa shape index (κ3) is 3.24. The van der Waals surface area contributed by atoms with Crippen LogP contribution in [-0.4, -0.2) is 0 Å². The first-order chi connectivity index (χ1) is 11.9. The number of allylic oxidation sites excluding steroid dienone is 2. The summed E-state index contributed by atoms with van der Waals surface area (Å²) in [6.07, 6.45) is 20.5.